The van der Waals surface area contributed by atoms with E-state index in [1.165, 1.54) is 13.0 Å². The molecule has 0 N–H and O–H groups in total. The maximum Gasteiger partial charge on any atom is 0.0512 e. The van der Waals surface area contributed by atoms with Crippen LogP contribution in [0.1, 0.15) is 34.1 Å². The highest BCUT2D eigenvalue weighted by atomic mass is 16.5. The smallest absolute Gasteiger partial charge is 0.0512 e. The number of nitrogens with zero attached hydrogens (tertiary/aromatic N) is 1. The van der Waals surface area contributed by atoms with Gasteiger partial charge in [0.25, 0.3) is 0 Å². The van der Waals surface area contributed by atoms with Crippen LogP contribution >= 0.6 is 0 Å². The molecule has 0 amide bonds. The van der Waals surface area contributed by atoms with E-state index in [-0.39, 0.29) is 0 Å². The van der Waals surface area contributed by atoms with Crippen LogP contribution in [0.4, 0.5) is 0 Å². The van der Waals surface area contributed by atoms with Crippen molar-refractivity contribution in [3.8, 4) is 0 Å². The van der Waals surface area contributed by atoms with Gasteiger partial charge in [-0.05, 0) is 32.1 Å². The number of rotatable bonds is 2. The van der Waals surface area contributed by atoms with E-state index >= 15 is 0 Å². The molecule has 2 fully saturated rings. The fourth-order valence-electron chi connectivity index (χ4n) is 3.48. The van der Waals surface area contributed by atoms with Gasteiger partial charge in [0.2, 0.25) is 0 Å². The molecule has 2 rings (SSSR count). The Kier molecular flexibility index (Phi) is 3.36. The van der Waals surface area contributed by atoms with Crippen molar-refractivity contribution in [3.63, 3.8) is 0 Å². The quantitative estimate of drug-likeness (QED) is 0.695. The lowest BCUT2D eigenvalue weighted by molar-refractivity contribution is 0.0149. The van der Waals surface area contributed by atoms with Gasteiger partial charge < -0.3 is 4.74 Å². The number of fused-ring (bicyclic) bond motifs is 1. The molecule has 0 aliphatic carbocycles. The maximum atomic E-state index is 5.67. The van der Waals surface area contributed by atoms with Gasteiger partial charge in [0.15, 0.2) is 0 Å². The minimum atomic E-state index is 0.683. The van der Waals surface area contributed by atoms with Gasteiger partial charge in [-0.3, -0.25) is 4.90 Å². The van der Waals surface area contributed by atoms with Gasteiger partial charge in [-0.2, -0.15) is 0 Å². The van der Waals surface area contributed by atoms with Gasteiger partial charge in [0.05, 0.1) is 6.61 Å². The Labute approximate surface area is 94.0 Å². The normalized spacial score (nSPS) is 37.6. The summed E-state index contributed by atoms with van der Waals surface area (Å²) in [5.74, 6) is 2.44. The summed E-state index contributed by atoms with van der Waals surface area (Å²) in [6, 6.07) is 1.43. The van der Waals surface area contributed by atoms with Crippen molar-refractivity contribution in [2.24, 2.45) is 17.8 Å². The molecule has 2 heteroatoms. The molecule has 2 heterocycles. The first-order chi connectivity index (χ1) is 7.11. The minimum Gasteiger partial charge on any atom is -0.381 e. The van der Waals surface area contributed by atoms with Gasteiger partial charge in [-0.25, -0.2) is 0 Å². The van der Waals surface area contributed by atoms with Crippen LogP contribution in [0.3, 0.4) is 0 Å². The maximum absolute atomic E-state index is 5.67. The van der Waals surface area contributed by atoms with E-state index in [1.807, 2.05) is 0 Å². The zero-order valence-corrected chi connectivity index (χ0v) is 10.6. The molecular weight excluding hydrogens is 186 g/mol. The summed E-state index contributed by atoms with van der Waals surface area (Å²) in [6.07, 6.45) is 1.27. The zero-order chi connectivity index (χ0) is 11.0. The van der Waals surface area contributed by atoms with Crippen LogP contribution in [0.5, 0.6) is 0 Å². The van der Waals surface area contributed by atoms with Crippen molar-refractivity contribution in [2.45, 2.75) is 46.2 Å². The van der Waals surface area contributed by atoms with Crippen LogP contribution in [0.15, 0.2) is 0 Å². The third-order valence-electron chi connectivity index (χ3n) is 4.16. The zero-order valence-electron chi connectivity index (χ0n) is 10.6. The Balaban J connectivity index is 2.14. The van der Waals surface area contributed by atoms with E-state index in [0.29, 0.717) is 6.04 Å². The van der Waals surface area contributed by atoms with Crippen LogP contribution < -0.4 is 0 Å². The summed E-state index contributed by atoms with van der Waals surface area (Å²) in [4.78, 5) is 2.70. The van der Waals surface area contributed by atoms with E-state index in [0.717, 1.165) is 37.0 Å². The van der Waals surface area contributed by atoms with Crippen LogP contribution in [0, 0.1) is 17.8 Å². The number of hydrogen-bond acceptors (Lipinski definition) is 2. The highest BCUT2D eigenvalue weighted by Gasteiger charge is 2.44. The van der Waals surface area contributed by atoms with Crippen molar-refractivity contribution in [1.82, 2.24) is 4.90 Å². The lowest BCUT2D eigenvalue weighted by Crippen LogP contribution is -2.42. The first-order valence-electron chi connectivity index (χ1n) is 6.44. The molecule has 88 valence electrons. The summed E-state index contributed by atoms with van der Waals surface area (Å²) in [7, 11) is 0. The SMILES string of the molecule is CC(C)C1C2COCCC2CN1C(C)C. The summed E-state index contributed by atoms with van der Waals surface area (Å²) in [5.41, 5.74) is 0. The van der Waals surface area contributed by atoms with E-state index in [2.05, 4.69) is 32.6 Å². The lowest BCUT2D eigenvalue weighted by atomic mass is 9.83. The molecule has 0 spiro atoms. The molecule has 2 saturated heterocycles. The highest BCUT2D eigenvalue weighted by Crippen LogP contribution is 2.39. The fourth-order valence-corrected chi connectivity index (χ4v) is 3.48. The molecule has 2 aliphatic rings. The van der Waals surface area contributed by atoms with Crippen molar-refractivity contribution in [3.05, 3.63) is 0 Å². The van der Waals surface area contributed by atoms with Crippen molar-refractivity contribution in [2.75, 3.05) is 19.8 Å². The first-order valence-corrected chi connectivity index (χ1v) is 6.44. The highest BCUT2D eigenvalue weighted by molar-refractivity contribution is 4.96. The number of hydrogen-bond donors (Lipinski definition) is 0. The van der Waals surface area contributed by atoms with Crippen molar-refractivity contribution >= 4 is 0 Å². The number of likely N-dealkylation sites (tertiary alicyclic amines) is 1. The van der Waals surface area contributed by atoms with E-state index in [1.54, 1.807) is 0 Å². The van der Waals surface area contributed by atoms with Crippen LogP contribution in [-0.2, 0) is 4.74 Å². The molecule has 3 atom stereocenters. The Morgan fingerprint density at radius 2 is 1.93 bits per heavy atom. The second-order valence-electron chi connectivity index (χ2n) is 5.81. The van der Waals surface area contributed by atoms with E-state index < -0.39 is 0 Å². The van der Waals surface area contributed by atoms with Gasteiger partial charge >= 0.3 is 0 Å². The Morgan fingerprint density at radius 1 is 1.20 bits per heavy atom. The summed E-state index contributed by atoms with van der Waals surface area (Å²) in [5, 5.41) is 0. The Morgan fingerprint density at radius 3 is 2.53 bits per heavy atom. The van der Waals surface area contributed by atoms with Gasteiger partial charge in [0, 0.05) is 31.2 Å². The molecule has 2 aliphatic heterocycles. The molecule has 2 nitrogen and oxygen atoms in total. The second-order valence-corrected chi connectivity index (χ2v) is 5.81. The topological polar surface area (TPSA) is 12.5 Å². The van der Waals surface area contributed by atoms with Crippen LogP contribution in [0.25, 0.3) is 0 Å². The average molecular weight is 211 g/mol. The molecule has 0 bridgehead atoms. The molecule has 0 aromatic carbocycles. The van der Waals surface area contributed by atoms with E-state index in [9.17, 15) is 0 Å². The third-order valence-corrected chi connectivity index (χ3v) is 4.16. The molecule has 0 aromatic heterocycles. The van der Waals surface area contributed by atoms with Crippen LogP contribution in [0.2, 0.25) is 0 Å². The summed E-state index contributed by atoms with van der Waals surface area (Å²) in [6.45, 7) is 12.7. The predicted molar refractivity (Wildman–Crippen MR) is 62.9 cm³/mol. The van der Waals surface area contributed by atoms with Gasteiger partial charge in [-0.1, -0.05) is 13.8 Å². The molecular formula is C13H25NO. The van der Waals surface area contributed by atoms with Crippen molar-refractivity contribution < 1.29 is 4.74 Å². The summed E-state index contributed by atoms with van der Waals surface area (Å²) < 4.78 is 5.67. The number of ether oxygens (including phenoxy) is 1. The lowest BCUT2D eigenvalue weighted by Gasteiger charge is -2.35. The largest absolute Gasteiger partial charge is 0.381 e. The molecule has 0 radical (unpaired) electrons. The Hall–Kier alpha value is -0.0800. The second kappa shape index (κ2) is 4.42. The average Bonchev–Trinajstić information content (AvgIpc) is 2.56. The minimum absolute atomic E-state index is 0.683. The molecule has 3 unspecified atom stereocenters. The fraction of sp³-hybridized carbons (Fsp3) is 1.00. The van der Waals surface area contributed by atoms with Crippen LogP contribution in [-0.4, -0.2) is 36.7 Å². The van der Waals surface area contributed by atoms with E-state index in [4.69, 9.17) is 4.74 Å². The third kappa shape index (κ3) is 2.07. The predicted octanol–water partition coefficient (Wildman–Crippen LogP) is 2.39. The molecule has 0 saturated carbocycles. The molecule has 15 heavy (non-hydrogen) atoms. The Bertz CT molecular complexity index is 213. The van der Waals surface area contributed by atoms with Gasteiger partial charge in [0.1, 0.15) is 0 Å². The molecule has 0 aromatic rings. The summed E-state index contributed by atoms with van der Waals surface area (Å²) >= 11 is 0. The first kappa shape index (κ1) is 11.4. The van der Waals surface area contributed by atoms with Crippen molar-refractivity contribution in [1.29, 1.82) is 0 Å². The standard InChI is InChI=1S/C13H25NO/c1-9(2)13-12-8-15-6-5-11(12)7-14(13)10(3)4/h9-13H,5-8H2,1-4H3. The van der Waals surface area contributed by atoms with Gasteiger partial charge in [-0.15, -0.1) is 0 Å². The monoisotopic (exact) mass is 211 g/mol.